The lowest BCUT2D eigenvalue weighted by atomic mass is 10.1. The highest BCUT2D eigenvalue weighted by molar-refractivity contribution is 5.83. The summed E-state index contributed by atoms with van der Waals surface area (Å²) in [6.07, 6.45) is 1.70. The van der Waals surface area contributed by atoms with Gasteiger partial charge in [-0.15, -0.1) is 0 Å². The molecule has 3 aromatic rings. The van der Waals surface area contributed by atoms with Crippen LogP contribution in [0.1, 0.15) is 26.7 Å². The number of fused-ring (bicyclic) bond motifs is 1. The standard InChI is InChI=1S/C25H29NO6/c1-5-13-26(14-6-2)22(27)16-31-25-23(28)18-9-7-8-10-19(18)32-24(25)17-11-12-20(29-3)21(15-17)30-4/h7-12,15H,5-6,13-14,16H2,1-4H3. The van der Waals surface area contributed by atoms with Crippen LogP contribution in [0, 0.1) is 0 Å². The lowest BCUT2D eigenvalue weighted by molar-refractivity contribution is -0.133. The predicted molar refractivity (Wildman–Crippen MR) is 124 cm³/mol. The number of methoxy groups -OCH3 is 2. The van der Waals surface area contributed by atoms with E-state index in [1.807, 2.05) is 13.8 Å². The van der Waals surface area contributed by atoms with Gasteiger partial charge in [0.2, 0.25) is 11.2 Å². The fraction of sp³-hybridized carbons (Fsp3) is 0.360. The number of rotatable bonds is 10. The Morgan fingerprint density at radius 1 is 0.969 bits per heavy atom. The highest BCUT2D eigenvalue weighted by Crippen LogP contribution is 2.36. The van der Waals surface area contributed by atoms with Gasteiger partial charge in [-0.1, -0.05) is 26.0 Å². The Kier molecular flexibility index (Phi) is 7.76. The molecule has 0 fully saturated rings. The molecule has 170 valence electrons. The average molecular weight is 440 g/mol. The second-order valence-corrected chi connectivity index (χ2v) is 7.32. The van der Waals surface area contributed by atoms with Crippen LogP contribution in [-0.4, -0.2) is 44.7 Å². The van der Waals surface area contributed by atoms with Gasteiger partial charge in [0.15, 0.2) is 23.9 Å². The van der Waals surface area contributed by atoms with Crippen molar-refractivity contribution in [3.63, 3.8) is 0 Å². The molecular formula is C25H29NO6. The van der Waals surface area contributed by atoms with Gasteiger partial charge >= 0.3 is 0 Å². The van der Waals surface area contributed by atoms with E-state index >= 15 is 0 Å². The Hall–Kier alpha value is -3.48. The molecule has 0 N–H and O–H groups in total. The molecule has 0 atom stereocenters. The largest absolute Gasteiger partial charge is 0.493 e. The maximum Gasteiger partial charge on any atom is 0.260 e. The first kappa shape index (κ1) is 23.2. The van der Waals surface area contributed by atoms with Crippen LogP contribution in [0.3, 0.4) is 0 Å². The first-order valence-electron chi connectivity index (χ1n) is 10.7. The number of benzene rings is 2. The summed E-state index contributed by atoms with van der Waals surface area (Å²) in [5.74, 6) is 1.10. The first-order chi connectivity index (χ1) is 15.5. The van der Waals surface area contributed by atoms with Crippen LogP contribution in [0.4, 0.5) is 0 Å². The molecule has 0 aliphatic carbocycles. The van der Waals surface area contributed by atoms with Gasteiger partial charge in [-0.05, 0) is 43.2 Å². The van der Waals surface area contributed by atoms with Crippen LogP contribution >= 0.6 is 0 Å². The van der Waals surface area contributed by atoms with E-state index in [-0.39, 0.29) is 29.5 Å². The van der Waals surface area contributed by atoms with E-state index in [9.17, 15) is 9.59 Å². The predicted octanol–water partition coefficient (Wildman–Crippen LogP) is 4.50. The van der Waals surface area contributed by atoms with Crippen molar-refractivity contribution in [2.24, 2.45) is 0 Å². The van der Waals surface area contributed by atoms with Gasteiger partial charge in [0.25, 0.3) is 5.91 Å². The van der Waals surface area contributed by atoms with Crippen LogP contribution in [0.2, 0.25) is 0 Å². The van der Waals surface area contributed by atoms with Gasteiger partial charge in [-0.2, -0.15) is 0 Å². The van der Waals surface area contributed by atoms with Crippen LogP contribution in [-0.2, 0) is 4.79 Å². The van der Waals surface area contributed by atoms with Crippen molar-refractivity contribution in [3.8, 4) is 28.6 Å². The first-order valence-corrected chi connectivity index (χ1v) is 10.7. The lowest BCUT2D eigenvalue weighted by Crippen LogP contribution is -2.36. The molecule has 0 spiro atoms. The molecule has 7 nitrogen and oxygen atoms in total. The number of ether oxygens (including phenoxy) is 3. The molecule has 0 saturated heterocycles. The molecule has 0 aliphatic rings. The zero-order chi connectivity index (χ0) is 23.1. The van der Waals surface area contributed by atoms with E-state index in [0.29, 0.717) is 41.1 Å². The van der Waals surface area contributed by atoms with Crippen molar-refractivity contribution in [2.75, 3.05) is 33.9 Å². The van der Waals surface area contributed by atoms with Crippen molar-refractivity contribution in [2.45, 2.75) is 26.7 Å². The van der Waals surface area contributed by atoms with Crippen molar-refractivity contribution < 1.29 is 23.4 Å². The number of hydrogen-bond acceptors (Lipinski definition) is 6. The highest BCUT2D eigenvalue weighted by Gasteiger charge is 2.21. The summed E-state index contributed by atoms with van der Waals surface area (Å²) in [7, 11) is 3.08. The van der Waals surface area contributed by atoms with Gasteiger partial charge < -0.3 is 23.5 Å². The van der Waals surface area contributed by atoms with E-state index in [1.54, 1.807) is 54.5 Å². The Balaban J connectivity index is 2.06. The second kappa shape index (κ2) is 10.7. The van der Waals surface area contributed by atoms with Crippen molar-refractivity contribution in [1.29, 1.82) is 0 Å². The summed E-state index contributed by atoms with van der Waals surface area (Å²) >= 11 is 0. The molecule has 0 radical (unpaired) electrons. The van der Waals surface area contributed by atoms with Gasteiger partial charge in [-0.25, -0.2) is 0 Å². The smallest absolute Gasteiger partial charge is 0.260 e. The normalized spacial score (nSPS) is 10.8. The highest BCUT2D eigenvalue weighted by atomic mass is 16.5. The topological polar surface area (TPSA) is 78.2 Å². The minimum absolute atomic E-state index is 0.00258. The number of nitrogens with zero attached hydrogens (tertiary/aromatic N) is 1. The monoisotopic (exact) mass is 439 g/mol. The summed E-state index contributed by atoms with van der Waals surface area (Å²) < 4.78 is 22.6. The number of para-hydroxylation sites is 1. The molecule has 7 heteroatoms. The zero-order valence-corrected chi connectivity index (χ0v) is 19.0. The van der Waals surface area contributed by atoms with E-state index in [2.05, 4.69) is 0 Å². The summed E-state index contributed by atoms with van der Waals surface area (Å²) in [5, 5.41) is 0.387. The number of hydrogen-bond donors (Lipinski definition) is 0. The maximum absolute atomic E-state index is 13.3. The van der Waals surface area contributed by atoms with E-state index in [1.165, 1.54) is 7.11 Å². The summed E-state index contributed by atoms with van der Waals surface area (Å²) in [6.45, 7) is 5.08. The molecule has 1 amide bonds. The van der Waals surface area contributed by atoms with Gasteiger partial charge in [0.1, 0.15) is 5.58 Å². The molecule has 1 aromatic heterocycles. The second-order valence-electron chi connectivity index (χ2n) is 7.32. The fourth-order valence-electron chi connectivity index (χ4n) is 3.55. The molecule has 3 rings (SSSR count). The van der Waals surface area contributed by atoms with Crippen LogP contribution < -0.4 is 19.6 Å². The Morgan fingerprint density at radius 3 is 2.31 bits per heavy atom. The van der Waals surface area contributed by atoms with E-state index in [0.717, 1.165) is 12.8 Å². The number of carbonyl (C=O) groups is 1. The lowest BCUT2D eigenvalue weighted by Gasteiger charge is -2.21. The molecule has 2 aromatic carbocycles. The van der Waals surface area contributed by atoms with Crippen molar-refractivity contribution >= 4 is 16.9 Å². The van der Waals surface area contributed by atoms with E-state index < -0.39 is 0 Å². The molecule has 32 heavy (non-hydrogen) atoms. The van der Waals surface area contributed by atoms with Crippen LogP contribution in [0.25, 0.3) is 22.3 Å². The van der Waals surface area contributed by atoms with Gasteiger partial charge in [0, 0.05) is 18.7 Å². The fourth-order valence-corrected chi connectivity index (χ4v) is 3.55. The molecule has 0 bridgehead atoms. The Labute approximate surface area is 187 Å². The van der Waals surface area contributed by atoms with Crippen molar-refractivity contribution in [3.05, 3.63) is 52.7 Å². The minimum atomic E-state index is -0.332. The molecule has 0 aliphatic heterocycles. The number of amides is 1. The minimum Gasteiger partial charge on any atom is -0.493 e. The van der Waals surface area contributed by atoms with Crippen LogP contribution in [0.5, 0.6) is 17.2 Å². The van der Waals surface area contributed by atoms with E-state index in [4.69, 9.17) is 18.6 Å². The molecule has 1 heterocycles. The summed E-state index contributed by atoms with van der Waals surface area (Å²) in [5.41, 5.74) is 0.674. The zero-order valence-electron chi connectivity index (χ0n) is 19.0. The third kappa shape index (κ3) is 4.88. The summed E-state index contributed by atoms with van der Waals surface area (Å²) in [6, 6.07) is 12.1. The average Bonchev–Trinajstić information content (AvgIpc) is 2.82. The molecular weight excluding hydrogens is 410 g/mol. The Bertz CT molecular complexity index is 1130. The van der Waals surface area contributed by atoms with Crippen molar-refractivity contribution in [1.82, 2.24) is 4.90 Å². The quantitative estimate of drug-likeness (QED) is 0.463. The summed E-state index contributed by atoms with van der Waals surface area (Å²) in [4.78, 5) is 27.8. The SMILES string of the molecule is CCCN(CCC)C(=O)COc1c(-c2ccc(OC)c(OC)c2)oc2ccccc2c1=O. The van der Waals surface area contributed by atoms with Gasteiger partial charge in [0.05, 0.1) is 19.6 Å². The maximum atomic E-state index is 13.3. The third-order valence-corrected chi connectivity index (χ3v) is 5.08. The van der Waals surface area contributed by atoms with Crippen LogP contribution in [0.15, 0.2) is 51.7 Å². The number of carbonyl (C=O) groups excluding carboxylic acids is 1. The molecule has 0 saturated carbocycles. The Morgan fingerprint density at radius 2 is 1.66 bits per heavy atom. The molecule has 0 unspecified atom stereocenters. The van der Waals surface area contributed by atoms with Gasteiger partial charge in [-0.3, -0.25) is 9.59 Å². The third-order valence-electron chi connectivity index (χ3n) is 5.08.